The lowest BCUT2D eigenvalue weighted by atomic mass is 9.95. The fraction of sp³-hybridized carbons (Fsp3) is 0.789. The van der Waals surface area contributed by atoms with Crippen LogP contribution in [0.5, 0.6) is 0 Å². The molecule has 1 N–H and O–H groups in total. The van der Waals surface area contributed by atoms with Gasteiger partial charge in [-0.15, -0.1) is 0 Å². The fourth-order valence-electron chi connectivity index (χ4n) is 2.70. The Morgan fingerprint density at radius 1 is 0.957 bits per heavy atom. The van der Waals surface area contributed by atoms with Crippen LogP contribution < -0.4 is 0 Å². The Morgan fingerprint density at radius 3 is 2.09 bits per heavy atom. The zero-order valence-corrected chi connectivity index (χ0v) is 15.2. The van der Waals surface area contributed by atoms with E-state index in [0.29, 0.717) is 19.5 Å². The van der Waals surface area contributed by atoms with Crippen molar-refractivity contribution in [3.63, 3.8) is 0 Å². The Morgan fingerprint density at radius 2 is 1.57 bits per heavy atom. The molecular formula is C19H35NO3. The molecule has 0 saturated carbocycles. The minimum Gasteiger partial charge on any atom is -0.481 e. The lowest BCUT2D eigenvalue weighted by molar-refractivity contribution is -0.144. The van der Waals surface area contributed by atoms with Gasteiger partial charge < -0.3 is 10.0 Å². The first-order valence-corrected chi connectivity index (χ1v) is 9.22. The number of rotatable bonds is 14. The molecule has 0 radical (unpaired) electrons. The molecular weight excluding hydrogens is 290 g/mol. The third-order valence-corrected chi connectivity index (χ3v) is 4.16. The highest BCUT2D eigenvalue weighted by Crippen LogP contribution is 2.18. The SMILES string of the molecule is CCCC/C=C/CCCCCC(CC(=O)O)C(=O)N(CC)CC. The van der Waals surface area contributed by atoms with Crippen LogP contribution in [0.3, 0.4) is 0 Å². The number of unbranched alkanes of at least 4 members (excludes halogenated alkanes) is 5. The summed E-state index contributed by atoms with van der Waals surface area (Å²) in [5, 5.41) is 9.02. The van der Waals surface area contributed by atoms with Crippen LogP contribution in [0, 0.1) is 5.92 Å². The van der Waals surface area contributed by atoms with Gasteiger partial charge in [-0.05, 0) is 39.5 Å². The third-order valence-electron chi connectivity index (χ3n) is 4.16. The molecule has 1 amide bonds. The maximum absolute atomic E-state index is 12.4. The highest BCUT2D eigenvalue weighted by Gasteiger charge is 2.24. The van der Waals surface area contributed by atoms with Gasteiger partial charge in [0.15, 0.2) is 0 Å². The second kappa shape index (κ2) is 14.3. The number of carboxylic acid groups (broad SMARTS) is 1. The summed E-state index contributed by atoms with van der Waals surface area (Å²) in [5.74, 6) is -1.25. The van der Waals surface area contributed by atoms with Crippen molar-refractivity contribution in [2.45, 2.75) is 78.6 Å². The van der Waals surface area contributed by atoms with Crippen LogP contribution in [0.4, 0.5) is 0 Å². The van der Waals surface area contributed by atoms with E-state index < -0.39 is 5.97 Å². The zero-order valence-electron chi connectivity index (χ0n) is 15.2. The molecule has 0 aromatic rings. The number of carbonyl (C=O) groups is 2. The van der Waals surface area contributed by atoms with Gasteiger partial charge in [0, 0.05) is 19.0 Å². The average molecular weight is 325 g/mol. The van der Waals surface area contributed by atoms with Crippen LogP contribution in [0.1, 0.15) is 78.6 Å². The number of allylic oxidation sites excluding steroid dienone is 2. The molecule has 4 heteroatoms. The van der Waals surface area contributed by atoms with Crippen LogP contribution in [0.15, 0.2) is 12.2 Å². The van der Waals surface area contributed by atoms with Crippen LogP contribution in [0.2, 0.25) is 0 Å². The average Bonchev–Trinajstić information content (AvgIpc) is 2.52. The molecule has 1 atom stereocenters. The van der Waals surface area contributed by atoms with Crippen LogP contribution >= 0.6 is 0 Å². The molecule has 0 heterocycles. The number of hydrogen-bond acceptors (Lipinski definition) is 2. The summed E-state index contributed by atoms with van der Waals surface area (Å²) in [4.78, 5) is 25.1. The fourth-order valence-corrected chi connectivity index (χ4v) is 2.70. The molecule has 0 rings (SSSR count). The van der Waals surface area contributed by atoms with Gasteiger partial charge >= 0.3 is 5.97 Å². The van der Waals surface area contributed by atoms with Crippen LogP contribution in [-0.2, 0) is 9.59 Å². The second-order valence-electron chi connectivity index (χ2n) is 6.06. The Labute approximate surface area is 141 Å². The topological polar surface area (TPSA) is 57.6 Å². The number of nitrogens with zero attached hydrogens (tertiary/aromatic N) is 1. The Kier molecular flexibility index (Phi) is 13.5. The molecule has 23 heavy (non-hydrogen) atoms. The summed E-state index contributed by atoms with van der Waals surface area (Å²) in [5.41, 5.74) is 0. The molecule has 4 nitrogen and oxygen atoms in total. The first-order valence-electron chi connectivity index (χ1n) is 9.22. The van der Waals surface area contributed by atoms with Crippen molar-refractivity contribution in [1.29, 1.82) is 0 Å². The van der Waals surface area contributed by atoms with Crippen molar-refractivity contribution in [3.05, 3.63) is 12.2 Å². The number of amides is 1. The van der Waals surface area contributed by atoms with E-state index in [4.69, 9.17) is 5.11 Å². The van der Waals surface area contributed by atoms with Gasteiger partial charge in [-0.1, -0.05) is 44.8 Å². The molecule has 0 saturated heterocycles. The third kappa shape index (κ3) is 10.9. The van der Waals surface area contributed by atoms with Crippen molar-refractivity contribution in [3.8, 4) is 0 Å². The molecule has 0 aromatic heterocycles. The van der Waals surface area contributed by atoms with Crippen molar-refractivity contribution in [1.82, 2.24) is 4.90 Å². The molecule has 0 aliphatic carbocycles. The van der Waals surface area contributed by atoms with Crippen LogP contribution in [0.25, 0.3) is 0 Å². The van der Waals surface area contributed by atoms with E-state index in [0.717, 1.165) is 32.1 Å². The van der Waals surface area contributed by atoms with Crippen molar-refractivity contribution in [2.75, 3.05) is 13.1 Å². The summed E-state index contributed by atoms with van der Waals surface area (Å²) in [6.07, 6.45) is 12.9. The van der Waals surface area contributed by atoms with Crippen molar-refractivity contribution < 1.29 is 14.7 Å². The Balaban J connectivity index is 4.09. The van der Waals surface area contributed by atoms with E-state index in [9.17, 15) is 9.59 Å². The van der Waals surface area contributed by atoms with Gasteiger partial charge in [-0.3, -0.25) is 9.59 Å². The molecule has 1 unspecified atom stereocenters. The van der Waals surface area contributed by atoms with E-state index >= 15 is 0 Å². The minimum absolute atomic E-state index is 0.00291. The quantitative estimate of drug-likeness (QED) is 0.374. The number of carboxylic acids is 1. The monoisotopic (exact) mass is 325 g/mol. The normalized spacial score (nSPS) is 12.5. The summed E-state index contributed by atoms with van der Waals surface area (Å²) < 4.78 is 0. The zero-order chi connectivity index (χ0) is 17.5. The largest absolute Gasteiger partial charge is 0.481 e. The maximum Gasteiger partial charge on any atom is 0.304 e. The molecule has 0 aliphatic rings. The van der Waals surface area contributed by atoms with Crippen molar-refractivity contribution in [2.24, 2.45) is 5.92 Å². The summed E-state index contributed by atoms with van der Waals surface area (Å²) >= 11 is 0. The van der Waals surface area contributed by atoms with Crippen LogP contribution in [-0.4, -0.2) is 35.0 Å². The van der Waals surface area contributed by atoms with E-state index in [2.05, 4.69) is 19.1 Å². The van der Waals surface area contributed by atoms with E-state index in [1.165, 1.54) is 12.8 Å². The maximum atomic E-state index is 12.4. The highest BCUT2D eigenvalue weighted by molar-refractivity contribution is 5.83. The number of hydrogen-bond donors (Lipinski definition) is 1. The van der Waals surface area contributed by atoms with E-state index in [1.54, 1.807) is 4.90 Å². The summed E-state index contributed by atoms with van der Waals surface area (Å²) in [6.45, 7) is 7.36. The highest BCUT2D eigenvalue weighted by atomic mass is 16.4. The smallest absolute Gasteiger partial charge is 0.304 e. The molecule has 0 spiro atoms. The summed E-state index contributed by atoms with van der Waals surface area (Å²) in [7, 11) is 0. The molecule has 0 aliphatic heterocycles. The second-order valence-corrected chi connectivity index (χ2v) is 6.06. The number of carbonyl (C=O) groups excluding carboxylic acids is 1. The molecule has 0 aromatic carbocycles. The van der Waals surface area contributed by atoms with Gasteiger partial charge in [-0.2, -0.15) is 0 Å². The van der Waals surface area contributed by atoms with Gasteiger partial charge in [0.05, 0.1) is 6.42 Å². The minimum atomic E-state index is -0.880. The summed E-state index contributed by atoms with van der Waals surface area (Å²) in [6, 6.07) is 0. The standard InChI is InChI=1S/C19H35NO3/c1-4-7-8-9-10-11-12-13-14-15-17(16-18(21)22)19(23)20(5-2)6-3/h9-10,17H,4-8,11-16H2,1-3H3,(H,21,22)/b10-9+. The van der Waals surface area contributed by atoms with Crippen molar-refractivity contribution >= 4 is 11.9 Å². The van der Waals surface area contributed by atoms with E-state index in [-0.39, 0.29) is 18.2 Å². The Bertz CT molecular complexity index is 349. The van der Waals surface area contributed by atoms with Gasteiger partial charge in [-0.25, -0.2) is 0 Å². The Hall–Kier alpha value is -1.32. The van der Waals surface area contributed by atoms with Gasteiger partial charge in [0.1, 0.15) is 0 Å². The first kappa shape index (κ1) is 21.7. The first-order chi connectivity index (χ1) is 11.1. The van der Waals surface area contributed by atoms with Gasteiger partial charge in [0.25, 0.3) is 0 Å². The molecule has 134 valence electrons. The molecule has 0 fully saturated rings. The lowest BCUT2D eigenvalue weighted by Crippen LogP contribution is -2.36. The predicted molar refractivity (Wildman–Crippen MR) is 95.4 cm³/mol. The lowest BCUT2D eigenvalue weighted by Gasteiger charge is -2.24. The molecule has 0 bridgehead atoms. The predicted octanol–water partition coefficient (Wildman–Crippen LogP) is 4.64. The van der Waals surface area contributed by atoms with Gasteiger partial charge in [0.2, 0.25) is 5.91 Å². The van der Waals surface area contributed by atoms with E-state index in [1.807, 2.05) is 13.8 Å². The number of aliphatic carboxylic acids is 1.